The van der Waals surface area contributed by atoms with Gasteiger partial charge in [-0.25, -0.2) is 0 Å². The molecule has 0 unspecified atom stereocenters. The van der Waals surface area contributed by atoms with Crippen LogP contribution in [-0.4, -0.2) is 4.92 Å². The molecule has 4 heteroatoms. The summed E-state index contributed by atoms with van der Waals surface area (Å²) < 4.78 is 0. The highest BCUT2D eigenvalue weighted by molar-refractivity contribution is 5.91. The van der Waals surface area contributed by atoms with Crippen molar-refractivity contribution in [1.82, 2.24) is 0 Å². The average Bonchev–Trinajstić information content (AvgIpc) is 2.46. The zero-order valence-electron chi connectivity index (χ0n) is 10.9. The van der Waals surface area contributed by atoms with Crippen molar-refractivity contribution in [1.29, 1.82) is 5.26 Å². The molecular weight excluding hydrogens is 252 g/mol. The molecule has 2 aromatic carbocycles. The number of aryl methyl sites for hydroxylation is 1. The monoisotopic (exact) mass is 264 g/mol. The Bertz CT molecular complexity index is 710. The molecule has 0 aliphatic rings. The maximum absolute atomic E-state index is 11.0. The molecule has 0 heterocycles. The lowest BCUT2D eigenvalue weighted by Gasteiger charge is -2.01. The molecule has 0 saturated heterocycles. The first kappa shape index (κ1) is 13.5. The molecule has 0 radical (unpaired) electrons. The Morgan fingerprint density at radius 3 is 2.45 bits per heavy atom. The Morgan fingerprint density at radius 2 is 1.85 bits per heavy atom. The largest absolute Gasteiger partial charge is 0.276 e. The fourth-order valence-electron chi connectivity index (χ4n) is 1.84. The number of hydrogen-bond acceptors (Lipinski definition) is 3. The van der Waals surface area contributed by atoms with Crippen LogP contribution in [0.2, 0.25) is 0 Å². The van der Waals surface area contributed by atoms with Gasteiger partial charge in [0.15, 0.2) is 0 Å². The molecule has 0 atom stereocenters. The molecule has 0 spiro atoms. The first-order valence-electron chi connectivity index (χ1n) is 6.04. The highest BCUT2D eigenvalue weighted by atomic mass is 16.6. The predicted molar refractivity (Wildman–Crippen MR) is 77.8 cm³/mol. The van der Waals surface area contributed by atoms with Gasteiger partial charge >= 0.3 is 0 Å². The molecule has 4 nitrogen and oxygen atoms in total. The van der Waals surface area contributed by atoms with Crippen molar-refractivity contribution in [2.75, 3.05) is 0 Å². The highest BCUT2D eigenvalue weighted by Crippen LogP contribution is 2.24. The van der Waals surface area contributed by atoms with Gasteiger partial charge in [-0.3, -0.25) is 10.1 Å². The molecule has 0 bridgehead atoms. The van der Waals surface area contributed by atoms with Crippen LogP contribution in [0.15, 0.2) is 48.5 Å². The van der Waals surface area contributed by atoms with E-state index in [4.69, 9.17) is 0 Å². The third-order valence-electron chi connectivity index (χ3n) is 2.92. The Kier molecular flexibility index (Phi) is 3.92. The summed E-state index contributed by atoms with van der Waals surface area (Å²) in [6.07, 6.45) is 1.54. The predicted octanol–water partition coefficient (Wildman–Crippen LogP) is 3.97. The van der Waals surface area contributed by atoms with Crippen LogP contribution in [0.5, 0.6) is 0 Å². The van der Waals surface area contributed by atoms with Crippen molar-refractivity contribution in [2.45, 2.75) is 6.92 Å². The van der Waals surface area contributed by atoms with Crippen LogP contribution in [0.1, 0.15) is 16.7 Å². The normalized spacial score (nSPS) is 10.9. The number of nitro groups is 1. The van der Waals surface area contributed by atoms with Gasteiger partial charge in [-0.2, -0.15) is 5.26 Å². The molecule has 98 valence electrons. The fourth-order valence-corrected chi connectivity index (χ4v) is 1.84. The van der Waals surface area contributed by atoms with E-state index in [1.54, 1.807) is 24.3 Å². The van der Waals surface area contributed by atoms with Crippen molar-refractivity contribution in [3.63, 3.8) is 0 Å². The lowest BCUT2D eigenvalue weighted by atomic mass is 10.0. The van der Waals surface area contributed by atoms with Gasteiger partial charge in [0.25, 0.3) is 5.69 Å². The second-order valence-electron chi connectivity index (χ2n) is 4.35. The van der Waals surface area contributed by atoms with Gasteiger partial charge in [0.05, 0.1) is 22.1 Å². The van der Waals surface area contributed by atoms with Gasteiger partial charge in [0.2, 0.25) is 0 Å². The van der Waals surface area contributed by atoms with E-state index < -0.39 is 4.92 Å². The van der Waals surface area contributed by atoms with E-state index in [-0.39, 0.29) is 5.69 Å². The minimum Gasteiger partial charge on any atom is -0.258 e. The molecule has 0 aliphatic carbocycles. The maximum Gasteiger partial charge on any atom is 0.276 e. The molecule has 0 fully saturated rings. The average molecular weight is 264 g/mol. The Hall–Kier alpha value is -2.93. The molecular formula is C16H12N2O2. The van der Waals surface area contributed by atoms with Gasteiger partial charge in [0.1, 0.15) is 0 Å². The standard InChI is InChI=1S/C16H12N2O2/c1-12-6-8-13(9-7-12)15(11-17)10-14-4-2-3-5-16(14)18(19)20/h2-10H,1H3/b15-10-. The minimum absolute atomic E-state index is 0.00707. The van der Waals surface area contributed by atoms with E-state index in [9.17, 15) is 15.4 Å². The second kappa shape index (κ2) is 5.81. The molecule has 0 aromatic heterocycles. The summed E-state index contributed by atoms with van der Waals surface area (Å²) in [4.78, 5) is 10.5. The van der Waals surface area contributed by atoms with E-state index >= 15 is 0 Å². The number of rotatable bonds is 3. The number of para-hydroxylation sites is 1. The molecule has 0 aliphatic heterocycles. The third-order valence-corrected chi connectivity index (χ3v) is 2.92. The molecule has 0 amide bonds. The zero-order chi connectivity index (χ0) is 14.5. The van der Waals surface area contributed by atoms with Crippen LogP contribution in [0.3, 0.4) is 0 Å². The lowest BCUT2D eigenvalue weighted by molar-refractivity contribution is -0.385. The molecule has 20 heavy (non-hydrogen) atoms. The van der Waals surface area contributed by atoms with Crippen molar-refractivity contribution < 1.29 is 4.92 Å². The van der Waals surface area contributed by atoms with Crippen LogP contribution in [-0.2, 0) is 0 Å². The van der Waals surface area contributed by atoms with Gasteiger partial charge in [0, 0.05) is 6.07 Å². The van der Waals surface area contributed by atoms with Crippen LogP contribution in [0.25, 0.3) is 11.6 Å². The topological polar surface area (TPSA) is 66.9 Å². The summed E-state index contributed by atoms with van der Waals surface area (Å²) in [7, 11) is 0. The smallest absolute Gasteiger partial charge is 0.258 e. The first-order valence-corrected chi connectivity index (χ1v) is 6.04. The van der Waals surface area contributed by atoms with E-state index in [0.717, 1.165) is 11.1 Å². The van der Waals surface area contributed by atoms with Crippen molar-refractivity contribution in [3.05, 3.63) is 75.3 Å². The summed E-state index contributed by atoms with van der Waals surface area (Å²) in [5.74, 6) is 0. The summed E-state index contributed by atoms with van der Waals surface area (Å²) in [6.45, 7) is 1.96. The van der Waals surface area contributed by atoms with Crippen LogP contribution < -0.4 is 0 Å². The zero-order valence-corrected chi connectivity index (χ0v) is 10.9. The van der Waals surface area contributed by atoms with Crippen molar-refractivity contribution >= 4 is 17.3 Å². The molecule has 0 saturated carbocycles. The van der Waals surface area contributed by atoms with Crippen LogP contribution in [0.4, 0.5) is 5.69 Å². The van der Waals surface area contributed by atoms with E-state index in [1.165, 1.54) is 6.07 Å². The molecule has 0 N–H and O–H groups in total. The number of benzene rings is 2. The van der Waals surface area contributed by atoms with E-state index in [2.05, 4.69) is 6.07 Å². The van der Waals surface area contributed by atoms with Crippen LogP contribution >= 0.6 is 0 Å². The number of allylic oxidation sites excluding steroid dienone is 1. The fraction of sp³-hybridized carbons (Fsp3) is 0.0625. The summed E-state index contributed by atoms with van der Waals surface area (Å²) >= 11 is 0. The summed E-state index contributed by atoms with van der Waals surface area (Å²) in [5.41, 5.74) is 2.66. The van der Waals surface area contributed by atoms with E-state index in [1.807, 2.05) is 31.2 Å². The third kappa shape index (κ3) is 2.90. The molecule has 2 aromatic rings. The maximum atomic E-state index is 11.0. The van der Waals surface area contributed by atoms with Crippen molar-refractivity contribution in [2.24, 2.45) is 0 Å². The Morgan fingerprint density at radius 1 is 1.20 bits per heavy atom. The number of hydrogen-bond donors (Lipinski definition) is 0. The summed E-state index contributed by atoms with van der Waals surface area (Å²) in [6, 6.07) is 15.9. The Balaban J connectivity index is 2.50. The highest BCUT2D eigenvalue weighted by Gasteiger charge is 2.11. The number of nitriles is 1. The van der Waals surface area contributed by atoms with Gasteiger partial charge in [-0.1, -0.05) is 42.0 Å². The number of nitro benzene ring substituents is 1. The van der Waals surface area contributed by atoms with E-state index in [0.29, 0.717) is 11.1 Å². The van der Waals surface area contributed by atoms with Gasteiger partial charge < -0.3 is 0 Å². The van der Waals surface area contributed by atoms with Crippen molar-refractivity contribution in [3.8, 4) is 6.07 Å². The summed E-state index contributed by atoms with van der Waals surface area (Å²) in [5, 5.41) is 20.2. The lowest BCUT2D eigenvalue weighted by Crippen LogP contribution is -1.91. The SMILES string of the molecule is Cc1ccc(/C(C#N)=C\c2ccccc2[N+](=O)[O-])cc1. The van der Waals surface area contributed by atoms with Gasteiger partial charge in [-0.05, 0) is 24.6 Å². The Labute approximate surface area is 116 Å². The number of nitrogens with zero attached hydrogens (tertiary/aromatic N) is 2. The first-order chi connectivity index (χ1) is 9.61. The molecule has 2 rings (SSSR count). The van der Waals surface area contributed by atoms with Gasteiger partial charge in [-0.15, -0.1) is 0 Å². The second-order valence-corrected chi connectivity index (χ2v) is 4.35. The van der Waals surface area contributed by atoms with Crippen LogP contribution in [0, 0.1) is 28.4 Å². The quantitative estimate of drug-likeness (QED) is 0.364. The minimum atomic E-state index is -0.448.